The number of carbonyl (C=O) groups excluding carboxylic acids is 3. The van der Waals surface area contributed by atoms with Crippen LogP contribution in [-0.4, -0.2) is 61.6 Å². The van der Waals surface area contributed by atoms with Crippen LogP contribution < -0.4 is 15.4 Å². The Hall–Kier alpha value is -3.39. The number of esters is 1. The van der Waals surface area contributed by atoms with E-state index in [0.717, 1.165) is 25.0 Å². The predicted octanol–water partition coefficient (Wildman–Crippen LogP) is 2.78. The number of rotatable bonds is 12. The summed E-state index contributed by atoms with van der Waals surface area (Å²) in [5, 5.41) is 5.60. The minimum atomic E-state index is -0.714. The van der Waals surface area contributed by atoms with E-state index in [0.29, 0.717) is 32.0 Å². The zero-order chi connectivity index (χ0) is 24.2. The molecule has 1 aliphatic rings. The number of hydrogen-bond acceptors (Lipinski definition) is 6. The zero-order valence-corrected chi connectivity index (χ0v) is 19.6. The van der Waals surface area contributed by atoms with Gasteiger partial charge in [0.15, 0.2) is 0 Å². The number of hydrogen-bond donors (Lipinski definition) is 2. The van der Waals surface area contributed by atoms with Crippen molar-refractivity contribution in [3.8, 4) is 5.75 Å². The van der Waals surface area contributed by atoms with Gasteiger partial charge in [-0.25, -0.2) is 0 Å². The van der Waals surface area contributed by atoms with Crippen LogP contribution in [0.4, 0.5) is 5.69 Å². The van der Waals surface area contributed by atoms with Gasteiger partial charge in [-0.1, -0.05) is 43.7 Å². The number of nitrogens with zero attached hydrogens (tertiary/aromatic N) is 1. The molecule has 8 heteroatoms. The van der Waals surface area contributed by atoms with E-state index in [4.69, 9.17) is 9.47 Å². The Kier molecular flexibility index (Phi) is 9.91. The van der Waals surface area contributed by atoms with Crippen molar-refractivity contribution in [2.75, 3.05) is 38.2 Å². The minimum Gasteiger partial charge on any atom is -0.493 e. The molecule has 0 aromatic heterocycles. The highest BCUT2D eigenvalue weighted by Gasteiger charge is 2.33. The Morgan fingerprint density at radius 3 is 2.59 bits per heavy atom. The van der Waals surface area contributed by atoms with Crippen LogP contribution in [0.15, 0.2) is 54.6 Å². The lowest BCUT2D eigenvalue weighted by molar-refractivity contribution is -0.149. The van der Waals surface area contributed by atoms with Crippen LogP contribution in [0.2, 0.25) is 0 Å². The normalized spacial score (nSPS) is 15.9. The van der Waals surface area contributed by atoms with Crippen LogP contribution in [0.5, 0.6) is 5.75 Å². The lowest BCUT2D eigenvalue weighted by Crippen LogP contribution is -2.57. The molecule has 8 nitrogen and oxygen atoms in total. The summed E-state index contributed by atoms with van der Waals surface area (Å²) >= 11 is 0. The number of nitrogens with one attached hydrogen (secondary N) is 2. The Bertz CT molecular complexity index is 933. The summed E-state index contributed by atoms with van der Waals surface area (Å²) in [5.74, 6) is -0.215. The van der Waals surface area contributed by atoms with E-state index in [1.165, 1.54) is 5.56 Å². The maximum absolute atomic E-state index is 12.6. The summed E-state index contributed by atoms with van der Waals surface area (Å²) in [4.78, 5) is 38.7. The first kappa shape index (κ1) is 25.2. The minimum absolute atomic E-state index is 0.00958. The molecular weight excluding hydrogens is 434 g/mol. The average Bonchev–Trinajstić information content (AvgIpc) is 2.83. The fourth-order valence-electron chi connectivity index (χ4n) is 3.67. The van der Waals surface area contributed by atoms with Gasteiger partial charge in [-0.05, 0) is 36.2 Å². The van der Waals surface area contributed by atoms with Crippen molar-refractivity contribution in [3.05, 3.63) is 60.2 Å². The van der Waals surface area contributed by atoms with Gasteiger partial charge in [0.25, 0.3) is 0 Å². The molecule has 1 saturated heterocycles. The molecule has 1 unspecified atom stereocenters. The number of benzene rings is 2. The fraction of sp³-hybridized carbons (Fsp3) is 0.423. The third kappa shape index (κ3) is 8.19. The molecule has 2 aromatic rings. The fourth-order valence-corrected chi connectivity index (χ4v) is 3.67. The Morgan fingerprint density at radius 1 is 1.09 bits per heavy atom. The van der Waals surface area contributed by atoms with Gasteiger partial charge in [-0.3, -0.25) is 19.3 Å². The maximum Gasteiger partial charge on any atom is 0.307 e. The van der Waals surface area contributed by atoms with Crippen molar-refractivity contribution in [1.82, 2.24) is 10.2 Å². The van der Waals surface area contributed by atoms with Crippen molar-refractivity contribution >= 4 is 23.5 Å². The molecule has 0 bridgehead atoms. The molecule has 3 rings (SSSR count). The first-order valence-electron chi connectivity index (χ1n) is 11.8. The zero-order valence-electron chi connectivity index (χ0n) is 19.6. The molecule has 1 atom stereocenters. The number of anilines is 1. The standard InChI is InChI=1S/C26H33N3O5/c1-2-3-16-34-25(31)18-23-26(32)27-14-15-29(23)19-24(30)28-21-9-11-22(12-10-21)33-17-13-20-7-5-4-6-8-20/h4-12,23H,2-3,13-19H2,1H3,(H,27,32)(H,28,30). The van der Waals surface area contributed by atoms with Crippen LogP contribution in [0, 0.1) is 0 Å². The molecule has 2 N–H and O–H groups in total. The van der Waals surface area contributed by atoms with Crippen LogP contribution in [0.3, 0.4) is 0 Å². The molecular formula is C26H33N3O5. The first-order chi connectivity index (χ1) is 16.5. The third-order valence-electron chi connectivity index (χ3n) is 5.55. The number of ether oxygens (including phenoxy) is 2. The third-order valence-corrected chi connectivity index (χ3v) is 5.55. The quantitative estimate of drug-likeness (QED) is 0.368. The topological polar surface area (TPSA) is 97.0 Å². The van der Waals surface area contributed by atoms with Gasteiger partial charge < -0.3 is 20.1 Å². The van der Waals surface area contributed by atoms with E-state index in [9.17, 15) is 14.4 Å². The highest BCUT2D eigenvalue weighted by molar-refractivity contribution is 5.93. The Morgan fingerprint density at radius 2 is 1.85 bits per heavy atom. The lowest BCUT2D eigenvalue weighted by Gasteiger charge is -2.33. The molecule has 1 heterocycles. The second kappa shape index (κ2) is 13.3. The van der Waals surface area contributed by atoms with E-state index >= 15 is 0 Å². The van der Waals surface area contributed by atoms with Crippen molar-refractivity contribution in [3.63, 3.8) is 0 Å². The molecule has 2 amide bonds. The van der Waals surface area contributed by atoms with Crippen LogP contribution in [-0.2, 0) is 25.5 Å². The van der Waals surface area contributed by atoms with Crippen molar-refractivity contribution in [2.24, 2.45) is 0 Å². The molecule has 34 heavy (non-hydrogen) atoms. The van der Waals surface area contributed by atoms with Gasteiger partial charge in [-0.2, -0.15) is 0 Å². The smallest absolute Gasteiger partial charge is 0.307 e. The van der Waals surface area contributed by atoms with Crippen molar-refractivity contribution < 1.29 is 23.9 Å². The van der Waals surface area contributed by atoms with Gasteiger partial charge in [-0.15, -0.1) is 0 Å². The largest absolute Gasteiger partial charge is 0.493 e. The molecule has 0 radical (unpaired) electrons. The molecule has 1 aliphatic heterocycles. The molecule has 0 saturated carbocycles. The van der Waals surface area contributed by atoms with Crippen molar-refractivity contribution in [1.29, 1.82) is 0 Å². The van der Waals surface area contributed by atoms with Crippen LogP contribution in [0.1, 0.15) is 31.7 Å². The monoisotopic (exact) mass is 467 g/mol. The highest BCUT2D eigenvalue weighted by atomic mass is 16.5. The number of amides is 2. The van der Waals surface area contributed by atoms with E-state index in [1.54, 1.807) is 17.0 Å². The lowest BCUT2D eigenvalue weighted by atomic mass is 10.1. The molecule has 1 fully saturated rings. The molecule has 2 aromatic carbocycles. The average molecular weight is 468 g/mol. The number of piperazine rings is 1. The Labute approximate surface area is 200 Å². The van der Waals surface area contributed by atoms with Gasteiger partial charge in [0.2, 0.25) is 11.8 Å². The summed E-state index contributed by atoms with van der Waals surface area (Å²) in [5.41, 5.74) is 1.85. The second-order valence-corrected chi connectivity index (χ2v) is 8.21. The molecule has 0 spiro atoms. The SMILES string of the molecule is CCCCOC(=O)CC1C(=O)NCCN1CC(=O)Nc1ccc(OCCc2ccccc2)cc1. The Balaban J connectivity index is 1.46. The summed E-state index contributed by atoms with van der Waals surface area (Å²) < 4.78 is 11.0. The summed E-state index contributed by atoms with van der Waals surface area (Å²) in [6, 6.07) is 16.6. The summed E-state index contributed by atoms with van der Waals surface area (Å²) in [7, 11) is 0. The highest BCUT2D eigenvalue weighted by Crippen LogP contribution is 2.17. The second-order valence-electron chi connectivity index (χ2n) is 8.21. The summed E-state index contributed by atoms with van der Waals surface area (Å²) in [6.45, 7) is 3.85. The first-order valence-corrected chi connectivity index (χ1v) is 11.8. The van der Waals surface area contributed by atoms with Crippen LogP contribution >= 0.6 is 0 Å². The van der Waals surface area contributed by atoms with Gasteiger partial charge in [0, 0.05) is 25.2 Å². The van der Waals surface area contributed by atoms with Crippen LogP contribution in [0.25, 0.3) is 0 Å². The maximum atomic E-state index is 12.6. The van der Waals surface area contributed by atoms with E-state index in [-0.39, 0.29) is 24.8 Å². The predicted molar refractivity (Wildman–Crippen MR) is 130 cm³/mol. The van der Waals surface area contributed by atoms with Crippen molar-refractivity contribution in [2.45, 2.75) is 38.6 Å². The van der Waals surface area contributed by atoms with E-state index < -0.39 is 12.0 Å². The van der Waals surface area contributed by atoms with E-state index in [2.05, 4.69) is 22.8 Å². The van der Waals surface area contributed by atoms with Gasteiger partial charge >= 0.3 is 5.97 Å². The summed E-state index contributed by atoms with van der Waals surface area (Å²) in [6.07, 6.45) is 2.45. The number of carbonyl (C=O) groups is 3. The van der Waals surface area contributed by atoms with Gasteiger partial charge in [0.1, 0.15) is 11.8 Å². The van der Waals surface area contributed by atoms with Gasteiger partial charge in [0.05, 0.1) is 26.2 Å². The number of unbranched alkanes of at least 4 members (excludes halogenated alkanes) is 1. The molecule has 0 aliphatic carbocycles. The molecule has 182 valence electrons. The van der Waals surface area contributed by atoms with E-state index in [1.807, 2.05) is 37.3 Å².